The number of hydrogen-bond acceptors (Lipinski definition) is 4. The maximum Gasteiger partial charge on any atom is 0.141 e. The minimum absolute atomic E-state index is 0.148. The van der Waals surface area contributed by atoms with Crippen LogP contribution >= 0.6 is 0 Å². The zero-order chi connectivity index (χ0) is 15.4. The zero-order valence-electron chi connectivity index (χ0n) is 13.3. The molecule has 1 aliphatic rings. The molecule has 1 aromatic rings. The van der Waals surface area contributed by atoms with E-state index in [4.69, 9.17) is 5.73 Å². The van der Waals surface area contributed by atoms with E-state index in [1.54, 1.807) is 6.07 Å². The average molecular weight is 294 g/mol. The van der Waals surface area contributed by atoms with Gasteiger partial charge < -0.3 is 10.6 Å². The minimum Gasteiger partial charge on any atom is -0.322 e. The van der Waals surface area contributed by atoms with Crippen LogP contribution in [0.15, 0.2) is 18.3 Å². The molecule has 5 heteroatoms. The third-order valence-corrected chi connectivity index (χ3v) is 4.51. The van der Waals surface area contributed by atoms with Gasteiger partial charge >= 0.3 is 0 Å². The molecule has 3 unspecified atom stereocenters. The number of nitrogens with two attached hydrogens (primary N) is 1. The highest BCUT2D eigenvalue weighted by molar-refractivity contribution is 5.10. The summed E-state index contributed by atoms with van der Waals surface area (Å²) in [5.41, 5.74) is 7.04. The van der Waals surface area contributed by atoms with Gasteiger partial charge in [-0.3, -0.25) is 9.88 Å². The molecule has 0 amide bonds. The van der Waals surface area contributed by atoms with Crippen molar-refractivity contribution in [3.63, 3.8) is 0 Å². The molecule has 2 N–H and O–H groups in total. The highest BCUT2D eigenvalue weighted by Crippen LogP contribution is 2.20. The number of hydrogen-bond donors (Lipinski definition) is 1. The smallest absolute Gasteiger partial charge is 0.141 e. The van der Waals surface area contributed by atoms with Crippen LogP contribution in [0.3, 0.4) is 0 Å². The Morgan fingerprint density at radius 2 is 2.19 bits per heavy atom. The highest BCUT2D eigenvalue weighted by Gasteiger charge is 2.25. The van der Waals surface area contributed by atoms with E-state index < -0.39 is 0 Å². The molecule has 21 heavy (non-hydrogen) atoms. The molecule has 0 saturated carbocycles. The topological polar surface area (TPSA) is 45.4 Å². The van der Waals surface area contributed by atoms with E-state index in [-0.39, 0.29) is 11.9 Å². The summed E-state index contributed by atoms with van der Waals surface area (Å²) in [5, 5.41) is 0. The second-order valence-electron chi connectivity index (χ2n) is 6.14. The van der Waals surface area contributed by atoms with Crippen LogP contribution in [0, 0.1) is 11.7 Å². The van der Waals surface area contributed by atoms with Crippen LogP contribution in [0.25, 0.3) is 0 Å². The fourth-order valence-electron chi connectivity index (χ4n) is 3.10. The average Bonchev–Trinajstić information content (AvgIpc) is 2.47. The third kappa shape index (κ3) is 4.22. The Morgan fingerprint density at radius 3 is 2.76 bits per heavy atom. The van der Waals surface area contributed by atoms with Crippen molar-refractivity contribution < 1.29 is 4.39 Å². The fraction of sp³-hybridized carbons (Fsp3) is 0.688. The fourth-order valence-corrected chi connectivity index (χ4v) is 3.10. The van der Waals surface area contributed by atoms with Crippen LogP contribution in [0.2, 0.25) is 0 Å². The summed E-state index contributed by atoms with van der Waals surface area (Å²) in [6, 6.07) is 3.56. The second kappa shape index (κ2) is 7.29. The van der Waals surface area contributed by atoms with Gasteiger partial charge in [0.1, 0.15) is 5.82 Å². The standard InChI is InChI=1S/C16H27FN4/c1-4-21-8-7-20(11-13(21)3)10-12(2)16(18)15-6-5-14(17)9-19-15/h5-6,9,12-13,16H,4,7-8,10-11,18H2,1-3H3. The minimum atomic E-state index is -0.317. The molecule has 0 aromatic carbocycles. The first-order chi connectivity index (χ1) is 10.0. The molecule has 1 aromatic heterocycles. The Morgan fingerprint density at radius 1 is 1.43 bits per heavy atom. The molecule has 3 atom stereocenters. The molecule has 118 valence electrons. The lowest BCUT2D eigenvalue weighted by molar-refractivity contribution is 0.0758. The predicted octanol–water partition coefficient (Wildman–Crippen LogP) is 1.88. The molecule has 0 aliphatic carbocycles. The summed E-state index contributed by atoms with van der Waals surface area (Å²) in [4.78, 5) is 9.09. The lowest BCUT2D eigenvalue weighted by Crippen LogP contribution is -2.52. The van der Waals surface area contributed by atoms with Crippen molar-refractivity contribution in [2.75, 3.05) is 32.7 Å². The molecular weight excluding hydrogens is 267 g/mol. The van der Waals surface area contributed by atoms with E-state index in [9.17, 15) is 4.39 Å². The first-order valence-electron chi connectivity index (χ1n) is 7.84. The van der Waals surface area contributed by atoms with Gasteiger partial charge in [-0.05, 0) is 31.5 Å². The number of pyridine rings is 1. The normalized spacial score (nSPS) is 24.0. The SMILES string of the molecule is CCN1CCN(CC(C)C(N)c2ccc(F)cn2)CC1C. The third-order valence-electron chi connectivity index (χ3n) is 4.51. The van der Waals surface area contributed by atoms with E-state index in [2.05, 4.69) is 35.6 Å². The molecule has 2 rings (SSSR count). The monoisotopic (exact) mass is 294 g/mol. The van der Waals surface area contributed by atoms with E-state index in [0.717, 1.165) is 38.4 Å². The summed E-state index contributed by atoms with van der Waals surface area (Å²) in [6.45, 7) is 12.0. The molecule has 0 spiro atoms. The molecular formula is C16H27FN4. The van der Waals surface area contributed by atoms with Crippen molar-refractivity contribution in [1.82, 2.24) is 14.8 Å². The highest BCUT2D eigenvalue weighted by atomic mass is 19.1. The van der Waals surface area contributed by atoms with Gasteiger partial charge in [-0.1, -0.05) is 13.8 Å². The van der Waals surface area contributed by atoms with Gasteiger partial charge in [0.25, 0.3) is 0 Å². The van der Waals surface area contributed by atoms with Crippen molar-refractivity contribution in [2.45, 2.75) is 32.9 Å². The van der Waals surface area contributed by atoms with Crippen LogP contribution in [0.4, 0.5) is 4.39 Å². The Bertz CT molecular complexity index is 436. The van der Waals surface area contributed by atoms with Gasteiger partial charge in [0.15, 0.2) is 0 Å². The summed E-state index contributed by atoms with van der Waals surface area (Å²) >= 11 is 0. The number of piperazine rings is 1. The van der Waals surface area contributed by atoms with Crippen molar-refractivity contribution in [2.24, 2.45) is 11.7 Å². The Hall–Kier alpha value is -1.04. The number of nitrogens with zero attached hydrogens (tertiary/aromatic N) is 3. The van der Waals surface area contributed by atoms with Gasteiger partial charge in [-0.25, -0.2) is 4.39 Å². The van der Waals surface area contributed by atoms with E-state index in [0.29, 0.717) is 12.0 Å². The summed E-state index contributed by atoms with van der Waals surface area (Å²) < 4.78 is 12.9. The van der Waals surface area contributed by atoms with E-state index in [1.807, 2.05) is 0 Å². The van der Waals surface area contributed by atoms with Crippen LogP contribution < -0.4 is 5.73 Å². The Labute approximate surface area is 127 Å². The second-order valence-corrected chi connectivity index (χ2v) is 6.14. The van der Waals surface area contributed by atoms with Crippen molar-refractivity contribution in [1.29, 1.82) is 0 Å². The van der Waals surface area contributed by atoms with Crippen LogP contribution in [0.5, 0.6) is 0 Å². The van der Waals surface area contributed by atoms with E-state index >= 15 is 0 Å². The summed E-state index contributed by atoms with van der Waals surface area (Å²) in [6.07, 6.45) is 1.24. The first-order valence-corrected chi connectivity index (χ1v) is 7.84. The maximum absolute atomic E-state index is 12.9. The molecule has 0 bridgehead atoms. The number of halogens is 1. The Kier molecular flexibility index (Phi) is 5.67. The van der Waals surface area contributed by atoms with Crippen LogP contribution in [-0.4, -0.2) is 53.5 Å². The van der Waals surface area contributed by atoms with Gasteiger partial charge in [0.2, 0.25) is 0 Å². The van der Waals surface area contributed by atoms with Gasteiger partial charge in [-0.2, -0.15) is 0 Å². The molecule has 0 radical (unpaired) electrons. The molecule has 1 fully saturated rings. The quantitative estimate of drug-likeness (QED) is 0.901. The van der Waals surface area contributed by atoms with Crippen molar-refractivity contribution in [3.05, 3.63) is 29.8 Å². The summed E-state index contributed by atoms with van der Waals surface area (Å²) in [7, 11) is 0. The lowest BCUT2D eigenvalue weighted by atomic mass is 9.98. The van der Waals surface area contributed by atoms with Crippen LogP contribution in [0.1, 0.15) is 32.5 Å². The largest absolute Gasteiger partial charge is 0.322 e. The van der Waals surface area contributed by atoms with Crippen LogP contribution in [-0.2, 0) is 0 Å². The molecule has 2 heterocycles. The number of rotatable bonds is 5. The van der Waals surface area contributed by atoms with Gasteiger partial charge in [-0.15, -0.1) is 0 Å². The predicted molar refractivity (Wildman–Crippen MR) is 83.4 cm³/mol. The molecule has 1 aliphatic heterocycles. The van der Waals surface area contributed by atoms with Crippen molar-refractivity contribution in [3.8, 4) is 0 Å². The van der Waals surface area contributed by atoms with E-state index in [1.165, 1.54) is 12.3 Å². The number of likely N-dealkylation sites (N-methyl/N-ethyl adjacent to an activating group) is 1. The first kappa shape index (κ1) is 16.3. The van der Waals surface area contributed by atoms with Gasteiger partial charge in [0.05, 0.1) is 17.9 Å². The molecule has 4 nitrogen and oxygen atoms in total. The van der Waals surface area contributed by atoms with Crippen molar-refractivity contribution >= 4 is 0 Å². The zero-order valence-corrected chi connectivity index (χ0v) is 13.3. The number of aromatic nitrogens is 1. The maximum atomic E-state index is 12.9. The lowest BCUT2D eigenvalue weighted by Gasteiger charge is -2.40. The Balaban J connectivity index is 1.89. The van der Waals surface area contributed by atoms with Gasteiger partial charge in [0, 0.05) is 32.2 Å². The molecule has 1 saturated heterocycles. The summed E-state index contributed by atoms with van der Waals surface area (Å²) in [5.74, 6) is -0.0218.